The highest BCUT2D eigenvalue weighted by Gasteiger charge is 2.22. The number of sulfone groups is 1. The average molecular weight is 507 g/mol. The molecule has 0 unspecified atom stereocenters. The Hall–Kier alpha value is -3.40. The van der Waals surface area contributed by atoms with Crippen molar-refractivity contribution in [2.45, 2.75) is 44.7 Å². The van der Waals surface area contributed by atoms with Gasteiger partial charge in [-0.3, -0.25) is 9.59 Å². The molecule has 2 aromatic carbocycles. The number of amides is 1. The number of aromatic nitrogens is 1. The number of hydrogen-bond acceptors (Lipinski definition) is 4. The molecule has 1 amide bonds. The zero-order valence-corrected chi connectivity index (χ0v) is 20.4. The first-order valence-electron chi connectivity index (χ1n) is 10.7. The van der Waals surface area contributed by atoms with Crippen LogP contribution in [-0.4, -0.2) is 25.1 Å². The lowest BCUT2D eigenvalue weighted by atomic mass is 9.98. The first-order chi connectivity index (χ1) is 16.3. The number of hydrogen-bond donors (Lipinski definition) is 1. The van der Waals surface area contributed by atoms with Crippen LogP contribution in [-0.2, 0) is 16.4 Å². The fourth-order valence-corrected chi connectivity index (χ4v) is 4.39. The second kappa shape index (κ2) is 10.1. The summed E-state index contributed by atoms with van der Waals surface area (Å²) in [6.07, 6.45) is -0.571. The summed E-state index contributed by atoms with van der Waals surface area (Å²) in [5.74, 6) is -1.77. The van der Waals surface area contributed by atoms with E-state index in [1.54, 1.807) is 23.6 Å². The molecular formula is C25H25F3N2O4S. The van der Waals surface area contributed by atoms with Crippen LogP contribution < -0.4 is 10.7 Å². The summed E-state index contributed by atoms with van der Waals surface area (Å²) in [5, 5.41) is 2.64. The summed E-state index contributed by atoms with van der Waals surface area (Å²) in [7, 11) is -3.36. The number of rotatable bonds is 7. The standard InChI is InChI=1S/C25H25F3N2O4S/c1-14(2)30-13-20(25(32)29-12-16-5-8-18(9-6-16)35(4,33)34)23(31)22(15(30)3)17-7-10-21(26)19(11-17)24(27)28/h5-11,13-14,24H,12H2,1-4H3,(H,29,32). The molecule has 3 rings (SSSR count). The van der Waals surface area contributed by atoms with E-state index in [0.29, 0.717) is 11.3 Å². The maximum absolute atomic E-state index is 13.8. The van der Waals surface area contributed by atoms with E-state index >= 15 is 0 Å². The Balaban J connectivity index is 2.01. The first kappa shape index (κ1) is 26.2. The van der Waals surface area contributed by atoms with Crippen LogP contribution in [0.3, 0.4) is 0 Å². The number of nitrogens with zero attached hydrogens (tertiary/aromatic N) is 1. The largest absolute Gasteiger partial charge is 0.348 e. The first-order valence-corrected chi connectivity index (χ1v) is 12.6. The van der Waals surface area contributed by atoms with Crippen molar-refractivity contribution in [1.29, 1.82) is 0 Å². The topological polar surface area (TPSA) is 85.2 Å². The Labute approximate surface area is 201 Å². The van der Waals surface area contributed by atoms with Crippen molar-refractivity contribution in [3.05, 3.63) is 87.1 Å². The summed E-state index contributed by atoms with van der Waals surface area (Å²) >= 11 is 0. The fraction of sp³-hybridized carbons (Fsp3) is 0.280. The van der Waals surface area contributed by atoms with Gasteiger partial charge in [0.2, 0.25) is 5.43 Å². The van der Waals surface area contributed by atoms with Gasteiger partial charge in [-0.25, -0.2) is 21.6 Å². The molecule has 0 fully saturated rings. The Morgan fingerprint density at radius 1 is 1.09 bits per heavy atom. The maximum Gasteiger partial charge on any atom is 0.266 e. The molecule has 6 nitrogen and oxygen atoms in total. The fourth-order valence-electron chi connectivity index (χ4n) is 3.76. The zero-order chi connectivity index (χ0) is 26.1. The van der Waals surface area contributed by atoms with Gasteiger partial charge in [0.05, 0.1) is 10.5 Å². The van der Waals surface area contributed by atoms with Crippen LogP contribution >= 0.6 is 0 Å². The van der Waals surface area contributed by atoms with Crippen molar-refractivity contribution >= 4 is 15.7 Å². The Morgan fingerprint density at radius 2 is 1.71 bits per heavy atom. The molecule has 10 heteroatoms. The van der Waals surface area contributed by atoms with Crippen molar-refractivity contribution in [3.63, 3.8) is 0 Å². The number of carbonyl (C=O) groups is 1. The van der Waals surface area contributed by atoms with E-state index < -0.39 is 39.0 Å². The maximum atomic E-state index is 13.8. The van der Waals surface area contributed by atoms with Gasteiger partial charge in [0.1, 0.15) is 11.4 Å². The van der Waals surface area contributed by atoms with Crippen molar-refractivity contribution in [2.24, 2.45) is 0 Å². The lowest BCUT2D eigenvalue weighted by Gasteiger charge is -2.20. The van der Waals surface area contributed by atoms with Crippen molar-refractivity contribution < 1.29 is 26.4 Å². The minimum Gasteiger partial charge on any atom is -0.348 e. The van der Waals surface area contributed by atoms with Crippen LogP contribution in [0.4, 0.5) is 13.2 Å². The third kappa shape index (κ3) is 5.64. The van der Waals surface area contributed by atoms with Gasteiger partial charge in [0.15, 0.2) is 9.84 Å². The van der Waals surface area contributed by atoms with Gasteiger partial charge in [-0.1, -0.05) is 18.2 Å². The summed E-state index contributed by atoms with van der Waals surface area (Å²) in [5.41, 5.74) is -0.515. The molecule has 0 aliphatic heterocycles. The van der Waals surface area contributed by atoms with E-state index in [9.17, 15) is 31.2 Å². The van der Waals surface area contributed by atoms with Crippen LogP contribution in [0.25, 0.3) is 11.1 Å². The van der Waals surface area contributed by atoms with E-state index in [1.165, 1.54) is 24.4 Å². The third-order valence-electron chi connectivity index (χ3n) is 5.61. The second-order valence-electron chi connectivity index (χ2n) is 8.47. The molecule has 0 bridgehead atoms. The zero-order valence-electron chi connectivity index (χ0n) is 19.6. The molecule has 0 radical (unpaired) electrons. The van der Waals surface area contributed by atoms with Crippen LogP contribution in [0.5, 0.6) is 0 Å². The Bertz CT molecular complexity index is 1430. The van der Waals surface area contributed by atoms with E-state index in [4.69, 9.17) is 0 Å². The van der Waals surface area contributed by atoms with Gasteiger partial charge in [-0.05, 0) is 56.2 Å². The molecule has 0 aliphatic carbocycles. The third-order valence-corrected chi connectivity index (χ3v) is 6.74. The van der Waals surface area contributed by atoms with Crippen LogP contribution in [0.1, 0.15) is 53.5 Å². The number of halogens is 3. The minimum absolute atomic E-state index is 0.0271. The second-order valence-corrected chi connectivity index (χ2v) is 10.5. The predicted octanol–water partition coefficient (Wildman–Crippen LogP) is 4.81. The quantitative estimate of drug-likeness (QED) is 0.498. The smallest absolute Gasteiger partial charge is 0.266 e. The molecule has 35 heavy (non-hydrogen) atoms. The lowest BCUT2D eigenvalue weighted by molar-refractivity contribution is 0.0949. The summed E-state index contributed by atoms with van der Waals surface area (Å²) < 4.78 is 65.3. The van der Waals surface area contributed by atoms with E-state index in [-0.39, 0.29) is 34.2 Å². The van der Waals surface area contributed by atoms with Crippen LogP contribution in [0, 0.1) is 12.7 Å². The van der Waals surface area contributed by atoms with Crippen LogP contribution in [0.2, 0.25) is 0 Å². The molecule has 0 atom stereocenters. The van der Waals surface area contributed by atoms with Crippen LogP contribution in [0.15, 0.2) is 58.4 Å². The van der Waals surface area contributed by atoms with Gasteiger partial charge < -0.3 is 9.88 Å². The SMILES string of the molecule is Cc1c(-c2ccc(F)c(C(F)F)c2)c(=O)c(C(=O)NCc2ccc(S(C)(=O)=O)cc2)cn1C(C)C. The molecule has 3 aromatic rings. The van der Waals surface area contributed by atoms with Gasteiger partial charge >= 0.3 is 0 Å². The summed E-state index contributed by atoms with van der Waals surface area (Å²) in [6.45, 7) is 5.33. The van der Waals surface area contributed by atoms with Gasteiger partial charge in [-0.15, -0.1) is 0 Å². The molecule has 1 N–H and O–H groups in total. The Morgan fingerprint density at radius 3 is 2.26 bits per heavy atom. The molecule has 1 heterocycles. The highest BCUT2D eigenvalue weighted by molar-refractivity contribution is 7.90. The van der Waals surface area contributed by atoms with Crippen molar-refractivity contribution in [1.82, 2.24) is 9.88 Å². The monoisotopic (exact) mass is 506 g/mol. The Kier molecular flexibility index (Phi) is 7.54. The molecule has 0 spiro atoms. The molecule has 0 saturated heterocycles. The van der Waals surface area contributed by atoms with Crippen molar-refractivity contribution in [2.75, 3.05) is 6.26 Å². The summed E-state index contributed by atoms with van der Waals surface area (Å²) in [6, 6.07) is 8.81. The average Bonchev–Trinajstić information content (AvgIpc) is 2.78. The molecule has 0 aliphatic rings. The minimum atomic E-state index is -3.36. The number of nitrogens with one attached hydrogen (secondary N) is 1. The predicted molar refractivity (Wildman–Crippen MR) is 127 cm³/mol. The lowest BCUT2D eigenvalue weighted by Crippen LogP contribution is -2.31. The number of pyridine rings is 1. The van der Waals surface area contributed by atoms with Gasteiger partial charge in [0.25, 0.3) is 12.3 Å². The highest BCUT2D eigenvalue weighted by Crippen LogP contribution is 2.29. The molecule has 186 valence electrons. The normalized spacial score (nSPS) is 11.8. The molecule has 0 saturated carbocycles. The highest BCUT2D eigenvalue weighted by atomic mass is 32.2. The van der Waals surface area contributed by atoms with Gasteiger partial charge in [-0.2, -0.15) is 0 Å². The molecular weight excluding hydrogens is 481 g/mol. The molecule has 1 aromatic heterocycles. The summed E-state index contributed by atoms with van der Waals surface area (Å²) in [4.78, 5) is 26.4. The van der Waals surface area contributed by atoms with E-state index in [1.807, 2.05) is 13.8 Å². The number of carbonyl (C=O) groups excluding carboxylic acids is 1. The number of alkyl halides is 2. The van der Waals surface area contributed by atoms with E-state index in [2.05, 4.69) is 5.32 Å². The number of benzene rings is 2. The van der Waals surface area contributed by atoms with Gasteiger partial charge in [0, 0.05) is 36.3 Å². The van der Waals surface area contributed by atoms with Crippen molar-refractivity contribution in [3.8, 4) is 11.1 Å². The van der Waals surface area contributed by atoms with E-state index in [0.717, 1.165) is 18.4 Å².